The number of anilines is 1. The maximum Gasteiger partial charge on any atom is 0.340 e. The first-order valence-electron chi connectivity index (χ1n) is 5.47. The number of nitrogens with one attached hydrogen (secondary N) is 2. The van der Waals surface area contributed by atoms with Crippen LogP contribution in [0.15, 0.2) is 27.8 Å². The van der Waals surface area contributed by atoms with Crippen molar-refractivity contribution in [2.45, 2.75) is 11.9 Å². The van der Waals surface area contributed by atoms with Crippen molar-refractivity contribution in [2.24, 2.45) is 0 Å². The summed E-state index contributed by atoms with van der Waals surface area (Å²) in [4.78, 5) is 10.9. The topological polar surface area (TPSA) is 112 Å². The zero-order valence-electron chi connectivity index (χ0n) is 10.5. The number of carboxylic acids is 1. The molecule has 0 aliphatic heterocycles. The molecular weight excluding hydrogens is 369 g/mol. The summed E-state index contributed by atoms with van der Waals surface area (Å²) in [5.74, 6) is -2.09. The number of aromatic amines is 1. The molecule has 0 radical (unpaired) electrons. The molecule has 1 aromatic heterocycles. The molecule has 0 fully saturated rings. The van der Waals surface area contributed by atoms with Crippen molar-refractivity contribution in [2.75, 3.05) is 4.72 Å². The molecule has 0 unspecified atom stereocenters. The summed E-state index contributed by atoms with van der Waals surface area (Å²) in [6, 6.07) is 2.39. The molecule has 0 atom stereocenters. The maximum atomic E-state index is 13.5. The van der Waals surface area contributed by atoms with E-state index in [2.05, 4.69) is 30.8 Å². The summed E-state index contributed by atoms with van der Waals surface area (Å²) >= 11 is 2.98. The highest BCUT2D eigenvalue weighted by Gasteiger charge is 2.25. The molecule has 0 aliphatic rings. The molecule has 0 saturated heterocycles. The summed E-state index contributed by atoms with van der Waals surface area (Å²) in [6.45, 7) is 1.58. The van der Waals surface area contributed by atoms with Gasteiger partial charge in [-0.05, 0) is 40.5 Å². The van der Waals surface area contributed by atoms with Gasteiger partial charge in [-0.2, -0.15) is 13.5 Å². The predicted octanol–water partition coefficient (Wildman–Crippen LogP) is 2.12. The molecular formula is C11H9BrFN3O4S. The van der Waals surface area contributed by atoms with Crippen molar-refractivity contribution in [3.05, 3.63) is 39.7 Å². The number of benzene rings is 1. The third-order valence-electron chi connectivity index (χ3n) is 2.62. The minimum atomic E-state index is -4.23. The number of sulfonamides is 1. The highest BCUT2D eigenvalue weighted by atomic mass is 79.9. The second-order valence-electron chi connectivity index (χ2n) is 4.10. The van der Waals surface area contributed by atoms with Gasteiger partial charge in [0.2, 0.25) is 0 Å². The molecule has 2 rings (SSSR count). The van der Waals surface area contributed by atoms with Crippen LogP contribution in [0.5, 0.6) is 0 Å². The normalized spacial score (nSPS) is 11.4. The molecule has 7 nitrogen and oxygen atoms in total. The number of aromatic carboxylic acids is 1. The number of hydrogen-bond donors (Lipinski definition) is 3. The third-order valence-corrected chi connectivity index (χ3v) is 4.56. The van der Waals surface area contributed by atoms with E-state index in [4.69, 9.17) is 5.11 Å². The summed E-state index contributed by atoms with van der Waals surface area (Å²) in [6.07, 6.45) is 0.881. The lowest BCUT2D eigenvalue weighted by Crippen LogP contribution is -2.17. The van der Waals surface area contributed by atoms with Crippen LogP contribution in [0.2, 0.25) is 0 Å². The number of carbonyl (C=O) groups is 1. The van der Waals surface area contributed by atoms with Crippen LogP contribution in [-0.4, -0.2) is 29.7 Å². The largest absolute Gasteiger partial charge is 0.478 e. The third kappa shape index (κ3) is 3.05. The number of rotatable bonds is 4. The van der Waals surface area contributed by atoms with E-state index in [0.717, 1.165) is 12.3 Å². The van der Waals surface area contributed by atoms with Crippen molar-refractivity contribution in [3.63, 3.8) is 0 Å². The summed E-state index contributed by atoms with van der Waals surface area (Å²) < 4.78 is 40.1. The quantitative estimate of drug-likeness (QED) is 0.755. The monoisotopic (exact) mass is 377 g/mol. The lowest BCUT2D eigenvalue weighted by atomic mass is 10.2. The van der Waals surface area contributed by atoms with Crippen LogP contribution in [0.1, 0.15) is 15.9 Å². The fourth-order valence-corrected chi connectivity index (χ4v) is 3.26. The van der Waals surface area contributed by atoms with Gasteiger partial charge in [-0.3, -0.25) is 9.82 Å². The van der Waals surface area contributed by atoms with Gasteiger partial charge in [0.15, 0.2) is 5.03 Å². The van der Waals surface area contributed by atoms with E-state index in [-0.39, 0.29) is 10.2 Å². The Hall–Kier alpha value is -1.94. The molecule has 3 N–H and O–H groups in total. The summed E-state index contributed by atoms with van der Waals surface area (Å²) in [5, 5.41) is 13.8. The first-order valence-corrected chi connectivity index (χ1v) is 7.75. The van der Waals surface area contributed by atoms with Crippen molar-refractivity contribution in [3.8, 4) is 0 Å². The van der Waals surface area contributed by atoms with Crippen LogP contribution < -0.4 is 4.72 Å². The predicted molar refractivity (Wildman–Crippen MR) is 75.2 cm³/mol. The standard InChI is InChI=1S/C11H9BrFN3O4S/c1-5-2-7(12)8(13)3-9(5)16-21(19,20)10-6(11(17)18)4-14-15-10/h2-4,16H,1H3,(H,14,15)(H,17,18). The van der Waals surface area contributed by atoms with E-state index in [9.17, 15) is 17.6 Å². The van der Waals surface area contributed by atoms with E-state index >= 15 is 0 Å². The first kappa shape index (κ1) is 15.4. The lowest BCUT2D eigenvalue weighted by Gasteiger charge is -2.10. The van der Waals surface area contributed by atoms with Crippen LogP contribution in [-0.2, 0) is 10.0 Å². The molecule has 10 heteroatoms. The number of H-pyrrole nitrogens is 1. The number of aryl methyl sites for hydroxylation is 1. The van der Waals surface area contributed by atoms with Crippen LogP contribution in [0, 0.1) is 12.7 Å². The van der Waals surface area contributed by atoms with Gasteiger partial charge in [-0.15, -0.1) is 0 Å². The van der Waals surface area contributed by atoms with Gasteiger partial charge >= 0.3 is 5.97 Å². The smallest absolute Gasteiger partial charge is 0.340 e. The highest BCUT2D eigenvalue weighted by molar-refractivity contribution is 9.10. The first-order chi connectivity index (χ1) is 9.72. The fourth-order valence-electron chi connectivity index (χ4n) is 1.58. The second-order valence-corrected chi connectivity index (χ2v) is 6.58. The molecule has 1 heterocycles. The Kier molecular flexibility index (Phi) is 4.01. The number of halogens is 2. The Morgan fingerprint density at radius 1 is 1.48 bits per heavy atom. The van der Waals surface area contributed by atoms with Gasteiger partial charge in [0.05, 0.1) is 16.4 Å². The minimum Gasteiger partial charge on any atom is -0.478 e. The molecule has 0 amide bonds. The average molecular weight is 378 g/mol. The Morgan fingerprint density at radius 3 is 2.76 bits per heavy atom. The fraction of sp³-hybridized carbons (Fsp3) is 0.0909. The molecule has 0 aliphatic carbocycles. The van der Waals surface area contributed by atoms with Crippen molar-refractivity contribution in [1.82, 2.24) is 10.2 Å². The van der Waals surface area contributed by atoms with Crippen LogP contribution in [0.3, 0.4) is 0 Å². The van der Waals surface area contributed by atoms with Gasteiger partial charge in [-0.25, -0.2) is 9.18 Å². The number of aromatic nitrogens is 2. The van der Waals surface area contributed by atoms with Gasteiger partial charge in [-0.1, -0.05) is 0 Å². The van der Waals surface area contributed by atoms with E-state index in [1.807, 2.05) is 0 Å². The van der Waals surface area contributed by atoms with E-state index in [1.54, 1.807) is 6.92 Å². The van der Waals surface area contributed by atoms with Crippen LogP contribution in [0.25, 0.3) is 0 Å². The van der Waals surface area contributed by atoms with Crippen molar-refractivity contribution >= 4 is 37.6 Å². The van der Waals surface area contributed by atoms with Gasteiger partial charge in [0.1, 0.15) is 11.4 Å². The number of hydrogen-bond acceptors (Lipinski definition) is 4. The van der Waals surface area contributed by atoms with Crippen LogP contribution >= 0.6 is 15.9 Å². The van der Waals surface area contributed by atoms with Crippen molar-refractivity contribution < 1.29 is 22.7 Å². The molecule has 21 heavy (non-hydrogen) atoms. The molecule has 2 aromatic rings. The van der Waals surface area contributed by atoms with E-state index in [1.165, 1.54) is 6.07 Å². The maximum absolute atomic E-state index is 13.5. The minimum absolute atomic E-state index is 0.00152. The van der Waals surface area contributed by atoms with Gasteiger partial charge in [0.25, 0.3) is 10.0 Å². The Bertz CT molecular complexity index is 819. The lowest BCUT2D eigenvalue weighted by molar-refractivity contribution is 0.0692. The average Bonchev–Trinajstić information content (AvgIpc) is 2.85. The molecule has 0 saturated carbocycles. The SMILES string of the molecule is Cc1cc(Br)c(F)cc1NS(=O)(=O)c1[nH]ncc1C(=O)O. The summed E-state index contributed by atoms with van der Waals surface area (Å²) in [5.41, 5.74) is -0.0392. The Labute approximate surface area is 127 Å². The van der Waals surface area contributed by atoms with Crippen LogP contribution in [0.4, 0.5) is 10.1 Å². The highest BCUT2D eigenvalue weighted by Crippen LogP contribution is 2.26. The van der Waals surface area contributed by atoms with E-state index in [0.29, 0.717) is 5.56 Å². The van der Waals surface area contributed by atoms with Crippen molar-refractivity contribution in [1.29, 1.82) is 0 Å². The Morgan fingerprint density at radius 2 is 2.14 bits per heavy atom. The zero-order valence-corrected chi connectivity index (χ0v) is 12.9. The van der Waals surface area contributed by atoms with Gasteiger partial charge < -0.3 is 5.11 Å². The molecule has 0 spiro atoms. The molecule has 0 bridgehead atoms. The second kappa shape index (κ2) is 5.45. The number of nitrogens with zero attached hydrogens (tertiary/aromatic N) is 1. The zero-order chi connectivity index (χ0) is 15.8. The molecule has 112 valence electrons. The summed E-state index contributed by atoms with van der Waals surface area (Å²) in [7, 11) is -4.23. The van der Waals surface area contributed by atoms with Gasteiger partial charge in [0, 0.05) is 0 Å². The Balaban J connectivity index is 2.45. The van der Waals surface area contributed by atoms with E-state index < -0.39 is 32.4 Å². The number of carboxylic acid groups (broad SMARTS) is 1. The molecule has 1 aromatic carbocycles.